The van der Waals surface area contributed by atoms with E-state index < -0.39 is 0 Å². The Kier molecular flexibility index (Phi) is 4.55. The summed E-state index contributed by atoms with van der Waals surface area (Å²) in [5, 5.41) is 19.6. The number of nitrogens with one attached hydrogen (secondary N) is 2. The molecule has 24 heavy (non-hydrogen) atoms. The van der Waals surface area contributed by atoms with Gasteiger partial charge in [0.05, 0.1) is 18.8 Å². The topological polar surface area (TPSA) is 85.0 Å². The molecular formula is C16H26N8. The van der Waals surface area contributed by atoms with Gasteiger partial charge in [0.1, 0.15) is 5.82 Å². The van der Waals surface area contributed by atoms with Crippen LogP contribution in [0.15, 0.2) is 4.99 Å². The van der Waals surface area contributed by atoms with E-state index in [1.165, 1.54) is 18.4 Å². The van der Waals surface area contributed by atoms with E-state index in [2.05, 4.69) is 32.9 Å². The number of aliphatic imine (C=N–C) groups is 1. The molecular weight excluding hydrogens is 304 g/mol. The van der Waals surface area contributed by atoms with E-state index in [9.17, 15) is 0 Å². The second-order valence-electron chi connectivity index (χ2n) is 6.43. The molecule has 8 nitrogen and oxygen atoms in total. The maximum atomic E-state index is 4.74. The minimum Gasteiger partial charge on any atom is -0.354 e. The molecule has 1 aliphatic carbocycles. The van der Waals surface area contributed by atoms with Crippen LogP contribution in [0.4, 0.5) is 0 Å². The van der Waals surface area contributed by atoms with Crippen molar-refractivity contribution < 1.29 is 0 Å². The van der Waals surface area contributed by atoms with Gasteiger partial charge in [-0.15, -0.1) is 10.2 Å². The van der Waals surface area contributed by atoms with Gasteiger partial charge in [0.15, 0.2) is 11.8 Å². The van der Waals surface area contributed by atoms with Crippen LogP contribution < -0.4 is 10.6 Å². The molecule has 0 bridgehead atoms. The van der Waals surface area contributed by atoms with Gasteiger partial charge in [0, 0.05) is 31.4 Å². The van der Waals surface area contributed by atoms with E-state index in [1.54, 1.807) is 0 Å². The van der Waals surface area contributed by atoms with Gasteiger partial charge in [-0.05, 0) is 33.6 Å². The minimum absolute atomic E-state index is 0.536. The molecule has 0 unspecified atom stereocenters. The Labute approximate surface area is 142 Å². The highest BCUT2D eigenvalue weighted by Crippen LogP contribution is 2.18. The zero-order valence-corrected chi connectivity index (χ0v) is 15.1. The number of nitrogens with zero attached hydrogens (tertiary/aromatic N) is 6. The van der Waals surface area contributed by atoms with Crippen molar-refractivity contribution in [3.63, 3.8) is 0 Å². The smallest absolute Gasteiger partial charge is 0.192 e. The molecule has 2 aromatic heterocycles. The Bertz CT molecular complexity index is 750. The van der Waals surface area contributed by atoms with Gasteiger partial charge in [0.25, 0.3) is 0 Å². The normalized spacial score (nSPS) is 15.0. The first-order valence-corrected chi connectivity index (χ1v) is 8.34. The summed E-state index contributed by atoms with van der Waals surface area (Å²) in [4.78, 5) is 4.74. The molecule has 1 aliphatic rings. The molecule has 0 atom stereocenters. The van der Waals surface area contributed by atoms with Crippen LogP contribution in [0.5, 0.6) is 0 Å². The van der Waals surface area contributed by atoms with Crippen LogP contribution in [0.1, 0.15) is 41.4 Å². The van der Waals surface area contributed by atoms with Gasteiger partial charge < -0.3 is 15.2 Å². The molecule has 2 N–H and O–H groups in total. The second-order valence-corrected chi connectivity index (χ2v) is 6.43. The molecule has 1 saturated carbocycles. The zero-order valence-electron chi connectivity index (χ0n) is 15.1. The van der Waals surface area contributed by atoms with Gasteiger partial charge >= 0.3 is 0 Å². The summed E-state index contributed by atoms with van der Waals surface area (Å²) in [6.07, 6.45) is 2.41. The van der Waals surface area contributed by atoms with E-state index in [-0.39, 0.29) is 0 Å². The largest absolute Gasteiger partial charge is 0.354 e. The standard InChI is InChI=1S/C16H26N8/c1-10-14(11(2)24(5)22-10)8-17-16(19-13-6-7-13)18-9-15-21-20-12(3)23(15)4/h13H,6-9H2,1-5H3,(H2,17,18,19). The quantitative estimate of drug-likeness (QED) is 0.628. The molecule has 3 rings (SSSR count). The Morgan fingerprint density at radius 3 is 2.50 bits per heavy atom. The van der Waals surface area contributed by atoms with Gasteiger partial charge in [-0.25, -0.2) is 4.99 Å². The highest BCUT2D eigenvalue weighted by Gasteiger charge is 2.22. The summed E-state index contributed by atoms with van der Waals surface area (Å²) >= 11 is 0. The molecule has 130 valence electrons. The molecule has 0 saturated heterocycles. The monoisotopic (exact) mass is 330 g/mol. The Morgan fingerprint density at radius 2 is 1.96 bits per heavy atom. The van der Waals surface area contributed by atoms with Crippen LogP contribution in [0.2, 0.25) is 0 Å². The fourth-order valence-corrected chi connectivity index (χ4v) is 2.55. The third kappa shape index (κ3) is 3.58. The predicted molar refractivity (Wildman–Crippen MR) is 92.6 cm³/mol. The van der Waals surface area contributed by atoms with Crippen LogP contribution in [0.3, 0.4) is 0 Å². The molecule has 0 aliphatic heterocycles. The van der Waals surface area contributed by atoms with Gasteiger partial charge in [-0.3, -0.25) is 4.68 Å². The van der Waals surface area contributed by atoms with Crippen molar-refractivity contribution in [3.05, 3.63) is 28.6 Å². The lowest BCUT2D eigenvalue weighted by Gasteiger charge is -2.12. The van der Waals surface area contributed by atoms with Crippen LogP contribution in [-0.2, 0) is 27.2 Å². The lowest BCUT2D eigenvalue weighted by Crippen LogP contribution is -2.38. The second kappa shape index (κ2) is 6.62. The van der Waals surface area contributed by atoms with Crippen molar-refractivity contribution in [1.29, 1.82) is 0 Å². The first-order valence-electron chi connectivity index (χ1n) is 8.34. The fraction of sp³-hybridized carbons (Fsp3) is 0.625. The van der Waals surface area contributed by atoms with E-state index in [0.29, 0.717) is 19.1 Å². The van der Waals surface area contributed by atoms with Crippen molar-refractivity contribution in [3.8, 4) is 0 Å². The van der Waals surface area contributed by atoms with Gasteiger partial charge in [0.2, 0.25) is 0 Å². The van der Waals surface area contributed by atoms with E-state index in [1.807, 2.05) is 37.2 Å². The summed E-state index contributed by atoms with van der Waals surface area (Å²) in [6, 6.07) is 0.536. The third-order valence-corrected chi connectivity index (χ3v) is 4.57. The Hall–Kier alpha value is -2.38. The summed E-state index contributed by atoms with van der Waals surface area (Å²) < 4.78 is 3.89. The zero-order chi connectivity index (χ0) is 17.3. The van der Waals surface area contributed by atoms with Crippen molar-refractivity contribution in [2.45, 2.75) is 52.7 Å². The van der Waals surface area contributed by atoms with E-state index in [4.69, 9.17) is 4.99 Å². The minimum atomic E-state index is 0.536. The summed E-state index contributed by atoms with van der Waals surface area (Å²) in [5.41, 5.74) is 3.38. The predicted octanol–water partition coefficient (Wildman–Crippen LogP) is 0.872. The van der Waals surface area contributed by atoms with Crippen molar-refractivity contribution in [2.75, 3.05) is 0 Å². The molecule has 2 aromatic rings. The first-order chi connectivity index (χ1) is 11.5. The maximum Gasteiger partial charge on any atom is 0.192 e. The third-order valence-electron chi connectivity index (χ3n) is 4.57. The van der Waals surface area contributed by atoms with Crippen LogP contribution in [0.25, 0.3) is 0 Å². The average Bonchev–Trinajstić information content (AvgIpc) is 3.26. The van der Waals surface area contributed by atoms with E-state index >= 15 is 0 Å². The molecule has 0 spiro atoms. The average molecular weight is 330 g/mol. The summed E-state index contributed by atoms with van der Waals surface area (Å²) in [6.45, 7) is 7.27. The van der Waals surface area contributed by atoms with Crippen LogP contribution in [0, 0.1) is 20.8 Å². The number of rotatable bonds is 5. The van der Waals surface area contributed by atoms with Crippen molar-refractivity contribution in [1.82, 2.24) is 35.2 Å². The van der Waals surface area contributed by atoms with Gasteiger partial charge in [-0.1, -0.05) is 0 Å². The highest BCUT2D eigenvalue weighted by molar-refractivity contribution is 5.80. The number of hydrogen-bond donors (Lipinski definition) is 2. The molecule has 2 heterocycles. The Balaban J connectivity index is 1.69. The lowest BCUT2D eigenvalue weighted by molar-refractivity contribution is 0.712. The lowest BCUT2D eigenvalue weighted by atomic mass is 10.2. The first kappa shape index (κ1) is 16.5. The number of guanidine groups is 1. The number of hydrogen-bond acceptors (Lipinski definition) is 4. The molecule has 1 fully saturated rings. The summed E-state index contributed by atoms with van der Waals surface area (Å²) in [5.74, 6) is 2.62. The molecule has 0 radical (unpaired) electrons. The fourth-order valence-electron chi connectivity index (χ4n) is 2.55. The van der Waals surface area contributed by atoms with E-state index in [0.717, 1.165) is 29.0 Å². The number of aryl methyl sites for hydroxylation is 3. The van der Waals surface area contributed by atoms with Gasteiger partial charge in [-0.2, -0.15) is 5.10 Å². The van der Waals surface area contributed by atoms with Crippen LogP contribution in [-0.4, -0.2) is 36.5 Å². The number of aromatic nitrogens is 5. The summed E-state index contributed by atoms with van der Waals surface area (Å²) in [7, 11) is 3.94. The van der Waals surface area contributed by atoms with Crippen molar-refractivity contribution in [2.24, 2.45) is 19.1 Å². The van der Waals surface area contributed by atoms with Crippen molar-refractivity contribution >= 4 is 5.96 Å². The highest BCUT2D eigenvalue weighted by atomic mass is 15.3. The maximum absolute atomic E-state index is 4.74. The van der Waals surface area contributed by atoms with Crippen LogP contribution >= 0.6 is 0 Å². The molecule has 0 aromatic carbocycles. The molecule has 8 heteroatoms. The SMILES string of the molecule is Cc1nn(C)c(C)c1CN=C(NCc1nnc(C)n1C)NC1CC1. The Morgan fingerprint density at radius 1 is 1.21 bits per heavy atom. The molecule has 0 amide bonds.